The van der Waals surface area contributed by atoms with Gasteiger partial charge in [0.05, 0.1) is 0 Å². The molecule has 0 aromatic heterocycles. The Kier molecular flexibility index (Phi) is 6.70. The van der Waals surface area contributed by atoms with E-state index in [1.807, 2.05) is 0 Å². The molecule has 1 saturated carbocycles. The van der Waals surface area contributed by atoms with Gasteiger partial charge in [-0.15, -0.1) is 0 Å². The molecule has 0 aromatic rings. The standard InChI is InChI=1S/C17H34N2S/c1-17(2,3)16-6-4-15(5-7-16)14-18-8-9-19-10-12-20-13-11-19/h15-16,18H,4-14H2,1-3H3. The first-order valence-corrected chi connectivity index (χ1v) is 9.72. The summed E-state index contributed by atoms with van der Waals surface area (Å²) in [6.45, 7) is 13.5. The van der Waals surface area contributed by atoms with Crippen molar-refractivity contribution in [3.8, 4) is 0 Å². The van der Waals surface area contributed by atoms with Gasteiger partial charge in [0.1, 0.15) is 0 Å². The first-order valence-electron chi connectivity index (χ1n) is 8.56. The Morgan fingerprint density at radius 1 is 1.05 bits per heavy atom. The summed E-state index contributed by atoms with van der Waals surface area (Å²) in [5.41, 5.74) is 0.519. The summed E-state index contributed by atoms with van der Waals surface area (Å²) >= 11 is 2.10. The van der Waals surface area contributed by atoms with Crippen molar-refractivity contribution < 1.29 is 0 Å². The molecule has 0 bridgehead atoms. The SMILES string of the molecule is CC(C)(C)C1CCC(CNCCN2CCSCC2)CC1. The molecule has 2 nitrogen and oxygen atoms in total. The highest BCUT2D eigenvalue weighted by atomic mass is 32.2. The smallest absolute Gasteiger partial charge is 0.0107 e. The average Bonchev–Trinajstić information content (AvgIpc) is 2.44. The Bertz CT molecular complexity index is 261. The van der Waals surface area contributed by atoms with Crippen LogP contribution in [0.15, 0.2) is 0 Å². The van der Waals surface area contributed by atoms with E-state index >= 15 is 0 Å². The number of hydrogen-bond acceptors (Lipinski definition) is 3. The van der Waals surface area contributed by atoms with Crippen LogP contribution >= 0.6 is 11.8 Å². The topological polar surface area (TPSA) is 15.3 Å². The van der Waals surface area contributed by atoms with Gasteiger partial charge in [-0.2, -0.15) is 11.8 Å². The summed E-state index contributed by atoms with van der Waals surface area (Å²) in [4.78, 5) is 2.61. The van der Waals surface area contributed by atoms with Gasteiger partial charge in [-0.3, -0.25) is 0 Å². The maximum absolute atomic E-state index is 3.71. The van der Waals surface area contributed by atoms with E-state index in [1.54, 1.807) is 0 Å². The molecule has 0 amide bonds. The van der Waals surface area contributed by atoms with E-state index in [1.165, 1.54) is 69.9 Å². The van der Waals surface area contributed by atoms with Gasteiger partial charge in [0.2, 0.25) is 0 Å². The molecule has 0 spiro atoms. The zero-order valence-corrected chi connectivity index (χ0v) is 14.6. The van der Waals surface area contributed by atoms with Crippen molar-refractivity contribution in [3.05, 3.63) is 0 Å². The van der Waals surface area contributed by atoms with Crippen LogP contribution in [0.1, 0.15) is 46.5 Å². The molecule has 2 aliphatic rings. The van der Waals surface area contributed by atoms with Gasteiger partial charge in [0, 0.05) is 37.7 Å². The largest absolute Gasteiger partial charge is 0.315 e. The number of nitrogens with zero attached hydrogens (tertiary/aromatic N) is 1. The lowest BCUT2D eigenvalue weighted by Crippen LogP contribution is -2.39. The summed E-state index contributed by atoms with van der Waals surface area (Å²) < 4.78 is 0. The van der Waals surface area contributed by atoms with E-state index in [0.29, 0.717) is 5.41 Å². The Labute approximate surface area is 130 Å². The fourth-order valence-electron chi connectivity index (χ4n) is 3.60. The second-order valence-corrected chi connectivity index (χ2v) is 8.97. The summed E-state index contributed by atoms with van der Waals surface area (Å²) in [7, 11) is 0. The molecule has 1 N–H and O–H groups in total. The molecule has 0 unspecified atom stereocenters. The van der Waals surface area contributed by atoms with Crippen molar-refractivity contribution in [1.29, 1.82) is 0 Å². The van der Waals surface area contributed by atoms with E-state index < -0.39 is 0 Å². The van der Waals surface area contributed by atoms with Crippen LogP contribution in [-0.2, 0) is 0 Å². The van der Waals surface area contributed by atoms with E-state index in [9.17, 15) is 0 Å². The molecular weight excluding hydrogens is 264 g/mol. The fraction of sp³-hybridized carbons (Fsp3) is 1.00. The quantitative estimate of drug-likeness (QED) is 0.782. The van der Waals surface area contributed by atoms with Gasteiger partial charge in [0.15, 0.2) is 0 Å². The van der Waals surface area contributed by atoms with Crippen molar-refractivity contribution in [2.45, 2.75) is 46.5 Å². The normalized spacial score (nSPS) is 29.6. The first kappa shape index (κ1) is 16.6. The molecule has 20 heavy (non-hydrogen) atoms. The van der Waals surface area contributed by atoms with Crippen LogP contribution in [0.5, 0.6) is 0 Å². The fourth-order valence-corrected chi connectivity index (χ4v) is 4.58. The minimum atomic E-state index is 0.519. The molecule has 1 heterocycles. The summed E-state index contributed by atoms with van der Waals surface area (Å²) in [5, 5.41) is 3.71. The number of hydrogen-bond donors (Lipinski definition) is 1. The van der Waals surface area contributed by atoms with E-state index in [0.717, 1.165) is 11.8 Å². The lowest BCUT2D eigenvalue weighted by Gasteiger charge is -2.37. The molecule has 1 aliphatic heterocycles. The monoisotopic (exact) mass is 298 g/mol. The molecule has 2 rings (SSSR count). The highest BCUT2D eigenvalue weighted by Gasteiger charge is 2.29. The summed E-state index contributed by atoms with van der Waals surface area (Å²) in [6.07, 6.45) is 5.77. The van der Waals surface area contributed by atoms with E-state index in [4.69, 9.17) is 0 Å². The summed E-state index contributed by atoms with van der Waals surface area (Å²) in [5.74, 6) is 4.54. The van der Waals surface area contributed by atoms with Gasteiger partial charge in [-0.1, -0.05) is 20.8 Å². The number of rotatable bonds is 5. The van der Waals surface area contributed by atoms with Gasteiger partial charge in [-0.25, -0.2) is 0 Å². The summed E-state index contributed by atoms with van der Waals surface area (Å²) in [6, 6.07) is 0. The van der Waals surface area contributed by atoms with Crippen molar-refractivity contribution in [2.24, 2.45) is 17.3 Å². The van der Waals surface area contributed by atoms with Crippen molar-refractivity contribution in [2.75, 3.05) is 44.2 Å². The lowest BCUT2D eigenvalue weighted by atomic mass is 9.70. The molecule has 0 atom stereocenters. The second kappa shape index (κ2) is 8.05. The maximum Gasteiger partial charge on any atom is 0.0107 e. The van der Waals surface area contributed by atoms with Crippen LogP contribution in [0.3, 0.4) is 0 Å². The van der Waals surface area contributed by atoms with Crippen LogP contribution in [0.4, 0.5) is 0 Å². The van der Waals surface area contributed by atoms with Gasteiger partial charge >= 0.3 is 0 Å². The Morgan fingerprint density at radius 3 is 2.30 bits per heavy atom. The maximum atomic E-state index is 3.71. The minimum Gasteiger partial charge on any atom is -0.315 e. The molecular formula is C17H34N2S. The molecule has 118 valence electrons. The minimum absolute atomic E-state index is 0.519. The van der Waals surface area contributed by atoms with E-state index in [-0.39, 0.29) is 0 Å². The second-order valence-electron chi connectivity index (χ2n) is 7.74. The van der Waals surface area contributed by atoms with Gasteiger partial charge in [0.25, 0.3) is 0 Å². The third-order valence-corrected chi connectivity index (χ3v) is 6.16. The molecule has 1 aliphatic carbocycles. The van der Waals surface area contributed by atoms with Crippen molar-refractivity contribution in [3.63, 3.8) is 0 Å². The van der Waals surface area contributed by atoms with Crippen LogP contribution in [0.2, 0.25) is 0 Å². The van der Waals surface area contributed by atoms with Crippen LogP contribution in [0, 0.1) is 17.3 Å². The zero-order chi connectivity index (χ0) is 14.4. The molecule has 0 aromatic carbocycles. The first-order chi connectivity index (χ1) is 9.55. The van der Waals surface area contributed by atoms with Crippen molar-refractivity contribution in [1.82, 2.24) is 10.2 Å². The molecule has 3 heteroatoms. The predicted molar refractivity (Wildman–Crippen MR) is 91.5 cm³/mol. The molecule has 0 radical (unpaired) electrons. The third-order valence-electron chi connectivity index (χ3n) is 5.21. The van der Waals surface area contributed by atoms with Crippen LogP contribution < -0.4 is 5.32 Å². The Hall–Kier alpha value is 0.270. The third kappa shape index (κ3) is 5.57. The van der Waals surface area contributed by atoms with E-state index in [2.05, 4.69) is 42.7 Å². The average molecular weight is 299 g/mol. The van der Waals surface area contributed by atoms with Crippen LogP contribution in [-0.4, -0.2) is 49.1 Å². The lowest BCUT2D eigenvalue weighted by molar-refractivity contribution is 0.148. The Morgan fingerprint density at radius 2 is 1.70 bits per heavy atom. The van der Waals surface area contributed by atoms with Crippen molar-refractivity contribution >= 4 is 11.8 Å². The zero-order valence-electron chi connectivity index (χ0n) is 13.8. The Balaban J connectivity index is 1.53. The number of nitrogens with one attached hydrogen (secondary N) is 1. The van der Waals surface area contributed by atoms with Crippen LogP contribution in [0.25, 0.3) is 0 Å². The highest BCUT2D eigenvalue weighted by Crippen LogP contribution is 2.39. The molecule has 2 fully saturated rings. The van der Waals surface area contributed by atoms with Gasteiger partial charge < -0.3 is 10.2 Å². The van der Waals surface area contributed by atoms with Gasteiger partial charge in [-0.05, 0) is 49.5 Å². The molecule has 1 saturated heterocycles. The predicted octanol–water partition coefficient (Wildman–Crippen LogP) is 3.48. The highest BCUT2D eigenvalue weighted by molar-refractivity contribution is 7.99. The number of thioether (sulfide) groups is 1.